The molecule has 0 aliphatic carbocycles. The molecule has 27 heavy (non-hydrogen) atoms. The molecule has 0 aromatic rings. The van der Waals surface area contributed by atoms with Gasteiger partial charge >= 0.3 is 7.82 Å². The molecule has 0 fully saturated rings. The van der Waals surface area contributed by atoms with E-state index in [1.54, 1.807) is 0 Å². The van der Waals surface area contributed by atoms with E-state index in [-0.39, 0.29) is 6.10 Å². The number of phosphoric acid groups is 1. The van der Waals surface area contributed by atoms with E-state index in [9.17, 15) is 9.46 Å². The number of hydrogen-bond donors (Lipinski definition) is 1. The van der Waals surface area contributed by atoms with Crippen molar-refractivity contribution in [2.24, 2.45) is 17.8 Å². The second-order valence-corrected chi connectivity index (χ2v) is 9.93. The van der Waals surface area contributed by atoms with Crippen LogP contribution >= 0.6 is 7.82 Å². The van der Waals surface area contributed by atoms with Gasteiger partial charge in [0.15, 0.2) is 0 Å². The molecule has 5 heteroatoms. The van der Waals surface area contributed by atoms with Crippen molar-refractivity contribution >= 4 is 7.82 Å². The number of unbranched alkanes of at least 4 members (excludes halogenated alkanes) is 3. The van der Waals surface area contributed by atoms with Crippen molar-refractivity contribution in [1.29, 1.82) is 0 Å². The summed E-state index contributed by atoms with van der Waals surface area (Å²) in [6.45, 7) is 13.3. The highest BCUT2D eigenvalue weighted by Gasteiger charge is 2.27. The van der Waals surface area contributed by atoms with Crippen LogP contribution in [-0.2, 0) is 13.6 Å². The van der Waals surface area contributed by atoms with Crippen LogP contribution in [-0.4, -0.2) is 17.6 Å². The minimum Gasteiger partial charge on any atom is -0.302 e. The minimum atomic E-state index is -3.98. The molecule has 0 aliphatic rings. The molecule has 0 aromatic carbocycles. The van der Waals surface area contributed by atoms with Crippen LogP contribution < -0.4 is 0 Å². The van der Waals surface area contributed by atoms with E-state index >= 15 is 0 Å². The van der Waals surface area contributed by atoms with E-state index in [2.05, 4.69) is 34.6 Å². The Morgan fingerprint density at radius 1 is 0.815 bits per heavy atom. The van der Waals surface area contributed by atoms with Gasteiger partial charge in [0.1, 0.15) is 0 Å². The summed E-state index contributed by atoms with van der Waals surface area (Å²) in [5.74, 6) is 1.51. The van der Waals surface area contributed by atoms with E-state index in [1.807, 2.05) is 6.92 Å². The molecule has 0 aromatic heterocycles. The van der Waals surface area contributed by atoms with Crippen LogP contribution in [0.1, 0.15) is 112 Å². The van der Waals surface area contributed by atoms with E-state index in [4.69, 9.17) is 9.05 Å². The smallest absolute Gasteiger partial charge is 0.302 e. The third-order valence-electron chi connectivity index (χ3n) is 5.59. The first kappa shape index (κ1) is 27.1. The Bertz CT molecular complexity index is 389. The molecule has 0 saturated heterocycles. The Hall–Kier alpha value is 0.110. The van der Waals surface area contributed by atoms with E-state index < -0.39 is 7.82 Å². The van der Waals surface area contributed by atoms with Gasteiger partial charge in [-0.1, -0.05) is 92.4 Å². The summed E-state index contributed by atoms with van der Waals surface area (Å²) in [5.41, 5.74) is 0. The van der Waals surface area contributed by atoms with Crippen LogP contribution in [0.5, 0.6) is 0 Å². The van der Waals surface area contributed by atoms with Crippen molar-refractivity contribution < 1.29 is 18.5 Å². The summed E-state index contributed by atoms with van der Waals surface area (Å²) in [6, 6.07) is 0. The molecule has 1 N–H and O–H groups in total. The van der Waals surface area contributed by atoms with Crippen molar-refractivity contribution in [1.82, 2.24) is 0 Å². The molecule has 0 spiro atoms. The number of hydrogen-bond acceptors (Lipinski definition) is 3. The molecule has 0 saturated carbocycles. The molecule has 4 nitrogen and oxygen atoms in total. The molecular formula is C22H47O4P. The van der Waals surface area contributed by atoms with E-state index in [0.717, 1.165) is 44.9 Å². The SMILES string of the molecule is CCCCCCC(C)OP(=O)(O)OCC(CCC(C)CCC)C(C)CCC. The fourth-order valence-electron chi connectivity index (χ4n) is 3.72. The van der Waals surface area contributed by atoms with Crippen molar-refractivity contribution in [2.45, 2.75) is 118 Å². The molecule has 0 rings (SSSR count). The van der Waals surface area contributed by atoms with E-state index in [0.29, 0.717) is 24.4 Å². The zero-order chi connectivity index (χ0) is 20.7. The molecule has 164 valence electrons. The molecule has 0 aliphatic heterocycles. The zero-order valence-corrected chi connectivity index (χ0v) is 19.8. The molecular weight excluding hydrogens is 359 g/mol. The van der Waals surface area contributed by atoms with Gasteiger partial charge in [0.05, 0.1) is 12.7 Å². The summed E-state index contributed by atoms with van der Waals surface area (Å²) in [7, 11) is -3.98. The minimum absolute atomic E-state index is 0.242. The summed E-state index contributed by atoms with van der Waals surface area (Å²) in [6.07, 6.45) is 12.0. The Morgan fingerprint density at radius 3 is 2.07 bits per heavy atom. The highest BCUT2D eigenvalue weighted by atomic mass is 31.2. The summed E-state index contributed by atoms with van der Waals surface area (Å²) < 4.78 is 23.1. The lowest BCUT2D eigenvalue weighted by Gasteiger charge is -2.26. The molecule has 0 bridgehead atoms. The average molecular weight is 407 g/mol. The Kier molecular flexibility index (Phi) is 16.0. The maximum atomic E-state index is 12.3. The first-order chi connectivity index (χ1) is 12.8. The van der Waals surface area contributed by atoms with Crippen molar-refractivity contribution in [3.63, 3.8) is 0 Å². The van der Waals surface area contributed by atoms with Gasteiger partial charge in [0, 0.05) is 0 Å². The zero-order valence-electron chi connectivity index (χ0n) is 18.9. The molecule has 0 heterocycles. The second-order valence-electron chi connectivity index (χ2n) is 8.53. The Balaban J connectivity index is 4.47. The first-order valence-electron chi connectivity index (χ1n) is 11.4. The first-order valence-corrected chi connectivity index (χ1v) is 12.9. The van der Waals surface area contributed by atoms with Crippen LogP contribution in [0, 0.1) is 17.8 Å². The van der Waals surface area contributed by atoms with Crippen LogP contribution in [0.15, 0.2) is 0 Å². The third-order valence-corrected chi connectivity index (χ3v) is 6.69. The van der Waals surface area contributed by atoms with Gasteiger partial charge in [-0.3, -0.25) is 9.05 Å². The quantitative estimate of drug-likeness (QED) is 0.187. The standard InChI is InChI=1S/C22H47O4P/c1-7-10-11-12-15-21(6)26-27(23,24)25-18-22(20(5)14-9-3)17-16-19(4)13-8-2/h19-22H,7-18H2,1-6H3,(H,23,24). The highest BCUT2D eigenvalue weighted by molar-refractivity contribution is 7.47. The predicted octanol–water partition coefficient (Wildman–Crippen LogP) is 7.75. The van der Waals surface area contributed by atoms with Gasteiger partial charge in [0.2, 0.25) is 0 Å². The van der Waals surface area contributed by atoms with Crippen LogP contribution in [0.3, 0.4) is 0 Å². The van der Waals surface area contributed by atoms with Crippen LogP contribution in [0.4, 0.5) is 0 Å². The Morgan fingerprint density at radius 2 is 1.48 bits per heavy atom. The van der Waals surface area contributed by atoms with Crippen molar-refractivity contribution in [3.8, 4) is 0 Å². The van der Waals surface area contributed by atoms with Crippen molar-refractivity contribution in [3.05, 3.63) is 0 Å². The van der Waals surface area contributed by atoms with Gasteiger partial charge < -0.3 is 4.89 Å². The summed E-state index contributed by atoms with van der Waals surface area (Å²) in [5, 5.41) is 0. The summed E-state index contributed by atoms with van der Waals surface area (Å²) in [4.78, 5) is 10.1. The maximum Gasteiger partial charge on any atom is 0.472 e. The van der Waals surface area contributed by atoms with Crippen molar-refractivity contribution in [2.75, 3.05) is 6.61 Å². The van der Waals surface area contributed by atoms with Gasteiger partial charge in [-0.2, -0.15) is 0 Å². The molecule has 0 radical (unpaired) electrons. The van der Waals surface area contributed by atoms with Gasteiger partial charge in [-0.15, -0.1) is 0 Å². The predicted molar refractivity (Wildman–Crippen MR) is 116 cm³/mol. The normalized spacial score (nSPS) is 18.6. The van der Waals surface area contributed by atoms with E-state index in [1.165, 1.54) is 25.7 Å². The van der Waals surface area contributed by atoms with Gasteiger partial charge in [0.25, 0.3) is 0 Å². The lowest BCUT2D eigenvalue weighted by atomic mass is 9.84. The lowest BCUT2D eigenvalue weighted by Crippen LogP contribution is -2.19. The number of phosphoric ester groups is 1. The third kappa shape index (κ3) is 14.7. The monoisotopic (exact) mass is 406 g/mol. The number of rotatable bonds is 18. The molecule has 0 amide bonds. The Labute approximate surface area is 169 Å². The van der Waals surface area contributed by atoms with Crippen LogP contribution in [0.25, 0.3) is 0 Å². The summed E-state index contributed by atoms with van der Waals surface area (Å²) >= 11 is 0. The van der Waals surface area contributed by atoms with Gasteiger partial charge in [-0.25, -0.2) is 4.57 Å². The fraction of sp³-hybridized carbons (Fsp3) is 1.00. The fourth-order valence-corrected chi connectivity index (χ4v) is 4.72. The maximum absolute atomic E-state index is 12.3. The average Bonchev–Trinajstić information content (AvgIpc) is 2.58. The highest BCUT2D eigenvalue weighted by Crippen LogP contribution is 2.46. The lowest BCUT2D eigenvalue weighted by molar-refractivity contribution is 0.0828. The van der Waals surface area contributed by atoms with Crippen LogP contribution in [0.2, 0.25) is 0 Å². The molecule has 5 atom stereocenters. The largest absolute Gasteiger partial charge is 0.472 e. The van der Waals surface area contributed by atoms with Gasteiger partial charge in [-0.05, 0) is 37.5 Å². The molecule has 5 unspecified atom stereocenters. The topological polar surface area (TPSA) is 55.8 Å². The second kappa shape index (κ2) is 16.0.